The van der Waals surface area contributed by atoms with Crippen LogP contribution in [0.1, 0.15) is 31.6 Å². The summed E-state index contributed by atoms with van der Waals surface area (Å²) in [6, 6.07) is 7.63. The van der Waals surface area contributed by atoms with Crippen LogP contribution in [0.3, 0.4) is 0 Å². The quantitative estimate of drug-likeness (QED) is 0.700. The van der Waals surface area contributed by atoms with Crippen LogP contribution in [0.4, 0.5) is 0 Å². The molecular formula is C16H15ClN4O. The van der Waals surface area contributed by atoms with Crippen molar-refractivity contribution in [1.29, 1.82) is 0 Å². The number of rotatable bonds is 1. The molecular weight excluding hydrogens is 300 g/mol. The second kappa shape index (κ2) is 4.95. The molecule has 0 spiro atoms. The zero-order valence-electron chi connectivity index (χ0n) is 12.1. The molecule has 3 heterocycles. The number of fused-ring (bicyclic) bond motifs is 3. The Morgan fingerprint density at radius 3 is 2.91 bits per heavy atom. The fraction of sp³-hybridized carbons (Fsp3) is 0.312. The van der Waals surface area contributed by atoms with Crippen LogP contribution >= 0.6 is 11.6 Å². The number of hydrogen-bond acceptors (Lipinski definition) is 3. The number of H-pyrrole nitrogens is 1. The number of benzene rings is 1. The van der Waals surface area contributed by atoms with Gasteiger partial charge in [-0.25, -0.2) is 9.97 Å². The fourth-order valence-corrected chi connectivity index (χ4v) is 3.42. The topological polar surface area (TPSA) is 61.9 Å². The highest BCUT2D eigenvalue weighted by Gasteiger charge is 2.30. The van der Waals surface area contributed by atoms with E-state index < -0.39 is 0 Å². The van der Waals surface area contributed by atoms with Crippen LogP contribution in [0.5, 0.6) is 0 Å². The molecule has 3 aromatic rings. The van der Waals surface area contributed by atoms with Crippen LogP contribution in [-0.2, 0) is 4.79 Å². The number of aromatic nitrogens is 3. The predicted molar refractivity (Wildman–Crippen MR) is 85.8 cm³/mol. The molecule has 2 aromatic heterocycles. The monoisotopic (exact) mass is 314 g/mol. The van der Waals surface area contributed by atoms with Gasteiger partial charge in [0.2, 0.25) is 5.91 Å². The Bertz CT molecular complexity index is 888. The van der Waals surface area contributed by atoms with E-state index in [0.29, 0.717) is 5.15 Å². The summed E-state index contributed by atoms with van der Waals surface area (Å²) in [5.74, 6) is 0.950. The summed E-state index contributed by atoms with van der Waals surface area (Å²) in [4.78, 5) is 26.1. The summed E-state index contributed by atoms with van der Waals surface area (Å²) in [5, 5.41) is 1.47. The molecule has 0 saturated carbocycles. The minimum Gasteiger partial charge on any atom is -0.340 e. The van der Waals surface area contributed by atoms with Crippen molar-refractivity contribution in [3.8, 4) is 0 Å². The lowest BCUT2D eigenvalue weighted by atomic mass is 10.2. The van der Waals surface area contributed by atoms with Crippen molar-refractivity contribution in [2.45, 2.75) is 25.8 Å². The average molecular weight is 315 g/mol. The van der Waals surface area contributed by atoms with Gasteiger partial charge in [-0.2, -0.15) is 0 Å². The Balaban J connectivity index is 1.87. The summed E-state index contributed by atoms with van der Waals surface area (Å²) in [7, 11) is 0. The standard InChI is InChI=1S/C16H15ClN4O/c1-9(22)21-8-2-3-13(21)16-19-12-6-5-11-10(15(12)20-16)4-7-14(17)18-11/h4-7,13H,2-3,8H2,1H3,(H,19,20)/t13-/m1/s1. The van der Waals surface area contributed by atoms with Crippen LogP contribution in [0, 0.1) is 0 Å². The molecule has 6 heteroatoms. The Kier molecular flexibility index (Phi) is 3.04. The van der Waals surface area contributed by atoms with Crippen molar-refractivity contribution in [2.24, 2.45) is 0 Å². The molecule has 1 N–H and O–H groups in total. The van der Waals surface area contributed by atoms with E-state index in [9.17, 15) is 4.79 Å². The maximum atomic E-state index is 11.8. The maximum absolute atomic E-state index is 11.8. The summed E-state index contributed by atoms with van der Waals surface area (Å²) in [6.45, 7) is 2.41. The Morgan fingerprint density at radius 2 is 2.09 bits per heavy atom. The first kappa shape index (κ1) is 13.5. The van der Waals surface area contributed by atoms with Gasteiger partial charge in [-0.3, -0.25) is 4.79 Å². The molecule has 4 rings (SSSR count). The van der Waals surface area contributed by atoms with Crippen molar-refractivity contribution < 1.29 is 4.79 Å². The van der Waals surface area contributed by atoms with Gasteiger partial charge in [0, 0.05) is 18.9 Å². The number of nitrogens with zero attached hydrogens (tertiary/aromatic N) is 3. The molecule has 1 saturated heterocycles. The number of nitrogens with one attached hydrogen (secondary N) is 1. The van der Waals surface area contributed by atoms with Gasteiger partial charge in [-0.1, -0.05) is 11.6 Å². The molecule has 0 radical (unpaired) electrons. The van der Waals surface area contributed by atoms with Crippen LogP contribution in [0.25, 0.3) is 21.9 Å². The second-order valence-corrected chi connectivity index (χ2v) is 6.04. The van der Waals surface area contributed by atoms with E-state index in [0.717, 1.165) is 47.1 Å². The molecule has 1 aliphatic rings. The van der Waals surface area contributed by atoms with Crippen LogP contribution in [0.15, 0.2) is 24.3 Å². The smallest absolute Gasteiger partial charge is 0.220 e. The predicted octanol–water partition coefficient (Wildman–Crippen LogP) is 3.45. The van der Waals surface area contributed by atoms with E-state index in [-0.39, 0.29) is 11.9 Å². The molecule has 1 fully saturated rings. The zero-order chi connectivity index (χ0) is 15.3. The van der Waals surface area contributed by atoms with Crippen molar-refractivity contribution in [3.05, 3.63) is 35.2 Å². The van der Waals surface area contributed by atoms with Crippen LogP contribution in [-0.4, -0.2) is 32.3 Å². The third kappa shape index (κ3) is 2.04. The van der Waals surface area contributed by atoms with E-state index in [4.69, 9.17) is 11.6 Å². The molecule has 112 valence electrons. The first-order chi connectivity index (χ1) is 10.6. The third-order valence-electron chi connectivity index (χ3n) is 4.28. The van der Waals surface area contributed by atoms with E-state index in [1.54, 1.807) is 13.0 Å². The zero-order valence-corrected chi connectivity index (χ0v) is 12.9. The number of aromatic amines is 1. The first-order valence-corrected chi connectivity index (χ1v) is 7.73. The number of imidazole rings is 1. The molecule has 5 nitrogen and oxygen atoms in total. The van der Waals surface area contributed by atoms with E-state index in [1.807, 2.05) is 23.1 Å². The van der Waals surface area contributed by atoms with Crippen molar-refractivity contribution in [1.82, 2.24) is 19.9 Å². The van der Waals surface area contributed by atoms with E-state index in [1.165, 1.54) is 0 Å². The van der Waals surface area contributed by atoms with Gasteiger partial charge in [-0.15, -0.1) is 0 Å². The van der Waals surface area contributed by atoms with Gasteiger partial charge >= 0.3 is 0 Å². The first-order valence-electron chi connectivity index (χ1n) is 7.35. The summed E-state index contributed by atoms with van der Waals surface area (Å²) < 4.78 is 0. The van der Waals surface area contributed by atoms with E-state index in [2.05, 4.69) is 15.0 Å². The second-order valence-electron chi connectivity index (χ2n) is 5.65. The molecule has 0 unspecified atom stereocenters. The lowest BCUT2D eigenvalue weighted by molar-refractivity contribution is -0.129. The number of halogens is 1. The molecule has 0 bridgehead atoms. The van der Waals surface area contributed by atoms with E-state index >= 15 is 0 Å². The Labute approximate surface area is 132 Å². The van der Waals surface area contributed by atoms with Crippen molar-refractivity contribution in [2.75, 3.05) is 6.54 Å². The lowest BCUT2D eigenvalue weighted by Crippen LogP contribution is -2.28. The Morgan fingerprint density at radius 1 is 1.27 bits per heavy atom. The van der Waals surface area contributed by atoms with Crippen LogP contribution < -0.4 is 0 Å². The number of amides is 1. The number of carbonyl (C=O) groups is 1. The largest absolute Gasteiger partial charge is 0.340 e. The number of pyridine rings is 1. The average Bonchev–Trinajstić information content (AvgIpc) is 3.12. The minimum absolute atomic E-state index is 0.0419. The molecule has 0 aliphatic carbocycles. The van der Waals surface area contributed by atoms with Crippen LogP contribution in [0.2, 0.25) is 5.15 Å². The Hall–Kier alpha value is -2.14. The molecule has 1 aliphatic heterocycles. The summed E-state index contributed by atoms with van der Waals surface area (Å²) >= 11 is 5.95. The third-order valence-corrected chi connectivity index (χ3v) is 4.49. The fourth-order valence-electron chi connectivity index (χ4n) is 3.26. The van der Waals surface area contributed by atoms with Gasteiger partial charge in [-0.05, 0) is 37.1 Å². The highest BCUT2D eigenvalue weighted by atomic mass is 35.5. The molecule has 1 amide bonds. The maximum Gasteiger partial charge on any atom is 0.220 e. The van der Waals surface area contributed by atoms with Crippen molar-refractivity contribution >= 4 is 39.4 Å². The number of hydrogen-bond donors (Lipinski definition) is 1. The minimum atomic E-state index is 0.0419. The summed E-state index contributed by atoms with van der Waals surface area (Å²) in [5.41, 5.74) is 2.68. The van der Waals surface area contributed by atoms with Gasteiger partial charge in [0.05, 0.1) is 22.6 Å². The summed E-state index contributed by atoms with van der Waals surface area (Å²) in [6.07, 6.45) is 1.96. The van der Waals surface area contributed by atoms with Crippen molar-refractivity contribution in [3.63, 3.8) is 0 Å². The number of likely N-dealkylation sites (tertiary alicyclic amines) is 1. The molecule has 1 aromatic carbocycles. The highest BCUT2D eigenvalue weighted by molar-refractivity contribution is 6.30. The molecule has 22 heavy (non-hydrogen) atoms. The molecule has 1 atom stereocenters. The number of carbonyl (C=O) groups excluding carboxylic acids is 1. The highest BCUT2D eigenvalue weighted by Crippen LogP contribution is 2.33. The SMILES string of the molecule is CC(=O)N1CCC[C@@H]1c1nc2ccc3nc(Cl)ccc3c2[nH]1. The van der Waals surface area contributed by atoms with Gasteiger partial charge < -0.3 is 9.88 Å². The van der Waals surface area contributed by atoms with Gasteiger partial charge in [0.25, 0.3) is 0 Å². The van der Waals surface area contributed by atoms with Gasteiger partial charge in [0.15, 0.2) is 0 Å². The lowest BCUT2D eigenvalue weighted by Gasteiger charge is -2.21. The normalized spacial score (nSPS) is 18.5. The van der Waals surface area contributed by atoms with Gasteiger partial charge in [0.1, 0.15) is 11.0 Å².